The molecule has 0 saturated heterocycles. The zero-order chi connectivity index (χ0) is 13.9. The van der Waals surface area contributed by atoms with Crippen LogP contribution in [-0.4, -0.2) is 0 Å². The second-order valence-electron chi connectivity index (χ2n) is 4.73. The van der Waals surface area contributed by atoms with Crippen molar-refractivity contribution in [3.63, 3.8) is 0 Å². The molecule has 0 atom stereocenters. The van der Waals surface area contributed by atoms with Gasteiger partial charge in [0.15, 0.2) is 0 Å². The average Bonchev–Trinajstić information content (AvgIpc) is 2.85. The molecule has 3 rings (SSSR count). The molecule has 0 aliphatic heterocycles. The summed E-state index contributed by atoms with van der Waals surface area (Å²) in [6.07, 6.45) is 0.988. The first kappa shape index (κ1) is 12.9. The Morgan fingerprint density at radius 2 is 1.40 bits per heavy atom. The molecule has 0 unspecified atom stereocenters. The third-order valence-corrected chi connectivity index (χ3v) is 4.60. The quantitative estimate of drug-likeness (QED) is 0.698. The molecule has 1 nitrogen and oxygen atoms in total. The third kappa shape index (κ3) is 2.23. The van der Waals surface area contributed by atoms with Crippen molar-refractivity contribution in [2.75, 3.05) is 5.73 Å². The topological polar surface area (TPSA) is 26.0 Å². The Hall–Kier alpha value is -2.06. The maximum atomic E-state index is 6.31. The highest BCUT2D eigenvalue weighted by Crippen LogP contribution is 2.44. The van der Waals surface area contributed by atoms with Gasteiger partial charge >= 0.3 is 0 Å². The fourth-order valence-electron chi connectivity index (χ4n) is 2.57. The van der Waals surface area contributed by atoms with E-state index in [1.807, 2.05) is 12.1 Å². The molecule has 20 heavy (non-hydrogen) atoms. The van der Waals surface area contributed by atoms with Crippen LogP contribution in [-0.2, 0) is 6.42 Å². The number of hydrogen-bond donors (Lipinski definition) is 1. The molecule has 3 aromatic rings. The van der Waals surface area contributed by atoms with E-state index in [0.717, 1.165) is 11.4 Å². The highest BCUT2D eigenvalue weighted by molar-refractivity contribution is 7.20. The van der Waals surface area contributed by atoms with Gasteiger partial charge in [-0.15, -0.1) is 11.3 Å². The molecule has 0 spiro atoms. The van der Waals surface area contributed by atoms with Gasteiger partial charge in [-0.3, -0.25) is 0 Å². The average molecular weight is 279 g/mol. The highest BCUT2D eigenvalue weighted by Gasteiger charge is 2.17. The summed E-state index contributed by atoms with van der Waals surface area (Å²) in [4.78, 5) is 1.30. The largest absolute Gasteiger partial charge is 0.390 e. The Morgan fingerprint density at radius 3 is 1.95 bits per heavy atom. The van der Waals surface area contributed by atoms with Gasteiger partial charge in [0.2, 0.25) is 0 Å². The Balaban J connectivity index is 2.21. The lowest BCUT2D eigenvalue weighted by molar-refractivity contribution is 1.16. The van der Waals surface area contributed by atoms with Crippen LogP contribution in [0.25, 0.3) is 21.6 Å². The normalized spacial score (nSPS) is 10.7. The Kier molecular flexibility index (Phi) is 3.57. The predicted molar refractivity (Wildman–Crippen MR) is 89.0 cm³/mol. The lowest BCUT2D eigenvalue weighted by Gasteiger charge is -2.06. The molecule has 0 amide bonds. The minimum atomic E-state index is 0.909. The minimum absolute atomic E-state index is 0.909. The van der Waals surface area contributed by atoms with Gasteiger partial charge in [-0.1, -0.05) is 67.6 Å². The Morgan fingerprint density at radius 1 is 0.850 bits per heavy atom. The molecular formula is C18H17NS. The maximum absolute atomic E-state index is 6.31. The monoisotopic (exact) mass is 279 g/mol. The van der Waals surface area contributed by atoms with E-state index < -0.39 is 0 Å². The Labute approximate surface area is 123 Å². The predicted octanol–water partition coefficient (Wildman–Crippen LogP) is 5.23. The molecule has 2 N–H and O–H groups in total. The zero-order valence-corrected chi connectivity index (χ0v) is 12.3. The first-order valence-electron chi connectivity index (χ1n) is 6.83. The van der Waals surface area contributed by atoms with Gasteiger partial charge in [-0.25, -0.2) is 0 Å². The van der Waals surface area contributed by atoms with Crippen LogP contribution in [0.3, 0.4) is 0 Å². The van der Waals surface area contributed by atoms with Crippen LogP contribution in [0.1, 0.15) is 12.5 Å². The van der Waals surface area contributed by atoms with Crippen molar-refractivity contribution < 1.29 is 0 Å². The molecule has 0 saturated carbocycles. The maximum Gasteiger partial charge on any atom is 0.0945 e. The highest BCUT2D eigenvalue weighted by atomic mass is 32.1. The number of benzene rings is 2. The fourth-order valence-corrected chi connectivity index (χ4v) is 3.75. The molecule has 0 fully saturated rings. The molecule has 1 aromatic heterocycles. The number of nitrogen functional groups attached to an aromatic ring is 1. The zero-order valence-electron chi connectivity index (χ0n) is 11.5. The number of hydrogen-bond acceptors (Lipinski definition) is 2. The van der Waals surface area contributed by atoms with Gasteiger partial charge in [0, 0.05) is 10.4 Å². The summed E-state index contributed by atoms with van der Waals surface area (Å²) in [6.45, 7) is 2.19. The van der Waals surface area contributed by atoms with E-state index in [1.165, 1.54) is 27.1 Å². The molecule has 0 aliphatic carbocycles. The van der Waals surface area contributed by atoms with Gasteiger partial charge < -0.3 is 5.73 Å². The van der Waals surface area contributed by atoms with Crippen LogP contribution in [0.15, 0.2) is 60.7 Å². The van der Waals surface area contributed by atoms with Crippen molar-refractivity contribution in [2.45, 2.75) is 13.3 Å². The summed E-state index contributed by atoms with van der Waals surface area (Å²) in [5, 5.41) is 0.909. The summed E-state index contributed by atoms with van der Waals surface area (Å²) in [5.74, 6) is 0. The molecule has 2 heteroatoms. The third-order valence-electron chi connectivity index (χ3n) is 3.49. The SMILES string of the molecule is CCc1c(-c2ccccc2)sc(N)c1-c1ccccc1. The van der Waals surface area contributed by atoms with Gasteiger partial charge in [-0.2, -0.15) is 0 Å². The Bertz CT molecular complexity index is 699. The molecule has 100 valence electrons. The van der Waals surface area contributed by atoms with E-state index in [4.69, 9.17) is 5.73 Å². The second kappa shape index (κ2) is 5.51. The molecular weight excluding hydrogens is 262 g/mol. The van der Waals surface area contributed by atoms with Crippen LogP contribution in [0.5, 0.6) is 0 Å². The summed E-state index contributed by atoms with van der Waals surface area (Å²) in [6, 6.07) is 20.9. The van der Waals surface area contributed by atoms with Crippen molar-refractivity contribution in [3.8, 4) is 21.6 Å². The summed E-state index contributed by atoms with van der Waals surface area (Å²) < 4.78 is 0. The van der Waals surface area contributed by atoms with Crippen LogP contribution in [0, 0.1) is 0 Å². The van der Waals surface area contributed by atoms with E-state index in [0.29, 0.717) is 0 Å². The van der Waals surface area contributed by atoms with E-state index in [9.17, 15) is 0 Å². The second-order valence-corrected chi connectivity index (χ2v) is 5.79. The van der Waals surface area contributed by atoms with Gasteiger partial charge in [0.1, 0.15) is 0 Å². The molecule has 2 aromatic carbocycles. The van der Waals surface area contributed by atoms with Crippen LogP contribution in [0.2, 0.25) is 0 Å². The van der Waals surface area contributed by atoms with Crippen LogP contribution < -0.4 is 5.73 Å². The van der Waals surface area contributed by atoms with Gasteiger partial charge in [0.05, 0.1) is 5.00 Å². The first-order valence-corrected chi connectivity index (χ1v) is 7.65. The van der Waals surface area contributed by atoms with Crippen LogP contribution in [0.4, 0.5) is 5.00 Å². The number of rotatable bonds is 3. The van der Waals surface area contributed by atoms with Gasteiger partial charge in [0.25, 0.3) is 0 Å². The van der Waals surface area contributed by atoms with E-state index in [1.54, 1.807) is 11.3 Å². The lowest BCUT2D eigenvalue weighted by Crippen LogP contribution is -1.89. The van der Waals surface area contributed by atoms with Crippen molar-refractivity contribution >= 4 is 16.3 Å². The summed E-state index contributed by atoms with van der Waals surface area (Å²) >= 11 is 1.69. The van der Waals surface area contributed by atoms with Gasteiger partial charge in [-0.05, 0) is 23.1 Å². The van der Waals surface area contributed by atoms with E-state index >= 15 is 0 Å². The van der Waals surface area contributed by atoms with Crippen LogP contribution >= 0.6 is 11.3 Å². The molecule has 0 aliphatic rings. The van der Waals surface area contributed by atoms with Crippen molar-refractivity contribution in [3.05, 3.63) is 66.2 Å². The molecule has 0 bridgehead atoms. The van der Waals surface area contributed by atoms with Crippen molar-refractivity contribution in [2.24, 2.45) is 0 Å². The van der Waals surface area contributed by atoms with Crippen molar-refractivity contribution in [1.29, 1.82) is 0 Å². The number of nitrogens with two attached hydrogens (primary N) is 1. The minimum Gasteiger partial charge on any atom is -0.390 e. The van der Waals surface area contributed by atoms with E-state index in [-0.39, 0.29) is 0 Å². The summed E-state index contributed by atoms with van der Waals surface area (Å²) in [5.41, 5.74) is 11.3. The van der Waals surface area contributed by atoms with E-state index in [2.05, 4.69) is 55.5 Å². The fraction of sp³-hybridized carbons (Fsp3) is 0.111. The summed E-state index contributed by atoms with van der Waals surface area (Å²) in [7, 11) is 0. The molecule has 0 radical (unpaired) electrons. The molecule has 1 heterocycles. The van der Waals surface area contributed by atoms with Crippen molar-refractivity contribution in [1.82, 2.24) is 0 Å². The number of thiophene rings is 1. The first-order chi connectivity index (χ1) is 9.81. The smallest absolute Gasteiger partial charge is 0.0945 e. The number of anilines is 1. The standard InChI is InChI=1S/C18H17NS/c1-2-15-16(13-9-5-3-6-10-13)18(19)20-17(15)14-11-7-4-8-12-14/h3-12H,2,19H2,1H3. The lowest BCUT2D eigenvalue weighted by atomic mass is 9.98.